The molecule has 1 saturated carbocycles. The van der Waals surface area contributed by atoms with E-state index in [4.69, 9.17) is 4.74 Å². The number of ether oxygens (including phenoxy) is 1. The second-order valence-electron chi connectivity index (χ2n) is 11.6. The number of hydrogen-bond acceptors (Lipinski definition) is 5. The number of fused-ring (bicyclic) bond motifs is 2. The Morgan fingerprint density at radius 2 is 1.78 bits per heavy atom. The molecule has 1 aliphatic carbocycles. The Bertz CT molecular complexity index is 1910. The van der Waals surface area contributed by atoms with Gasteiger partial charge in [-0.1, -0.05) is 12.1 Å². The molecule has 1 fully saturated rings. The summed E-state index contributed by atoms with van der Waals surface area (Å²) in [6.45, 7) is 2.48. The van der Waals surface area contributed by atoms with Gasteiger partial charge in [0.2, 0.25) is 11.7 Å². The van der Waals surface area contributed by atoms with E-state index in [9.17, 15) is 9.59 Å². The van der Waals surface area contributed by atoms with Crippen LogP contribution >= 0.6 is 0 Å². The molecule has 1 amide bonds. The van der Waals surface area contributed by atoms with Crippen LogP contribution in [-0.4, -0.2) is 51.4 Å². The van der Waals surface area contributed by atoms with Crippen molar-refractivity contribution in [1.29, 1.82) is 0 Å². The lowest BCUT2D eigenvalue weighted by Crippen LogP contribution is -2.35. The summed E-state index contributed by atoms with van der Waals surface area (Å²) in [6.07, 6.45) is 10.6. The number of anilines is 1. The molecule has 6 rings (SSSR count). The first-order valence-corrected chi connectivity index (χ1v) is 15.0. The van der Waals surface area contributed by atoms with Gasteiger partial charge in [0.15, 0.2) is 0 Å². The lowest BCUT2D eigenvalue weighted by atomic mass is 9.93. The first kappa shape index (κ1) is 30.4. The minimum absolute atomic E-state index is 0.164. The quantitative estimate of drug-likeness (QED) is 0.150. The standard InChI is InChI=1S/C35H35F2N5O3/c1-21-16-32-29(39-20-41(32)2)19-26(21)25-6-5-15-42-30(25)12-13-31(42)35(44)22-17-27(36)34(28(37)18-22)40-33(43)7-4-14-38-23-8-10-24(45-3)11-9-23/h4-7,12-13,15-20,23-24,38H,8-11,14H2,1-3H3,(H,40,43)/b7-4+/t23-,24-. The number of carbonyl (C=O) groups is 2. The van der Waals surface area contributed by atoms with E-state index in [-0.39, 0.29) is 11.3 Å². The Kier molecular flexibility index (Phi) is 8.60. The van der Waals surface area contributed by atoms with Crippen molar-refractivity contribution in [1.82, 2.24) is 19.3 Å². The van der Waals surface area contributed by atoms with Crippen LogP contribution in [0.3, 0.4) is 0 Å². The maximum atomic E-state index is 15.1. The molecule has 0 saturated heterocycles. The second kappa shape index (κ2) is 12.7. The number of nitrogens with zero attached hydrogens (tertiary/aromatic N) is 3. The van der Waals surface area contributed by atoms with E-state index in [1.807, 2.05) is 42.8 Å². The number of ketones is 1. The normalized spacial score (nSPS) is 17.0. The number of amides is 1. The summed E-state index contributed by atoms with van der Waals surface area (Å²) < 4.78 is 39.2. The Morgan fingerprint density at radius 3 is 2.51 bits per heavy atom. The number of aromatic nitrogens is 3. The molecule has 0 bridgehead atoms. The number of imidazole rings is 1. The van der Waals surface area contributed by atoms with Gasteiger partial charge in [-0.3, -0.25) is 9.59 Å². The average molecular weight is 612 g/mol. The molecule has 0 aliphatic heterocycles. The first-order valence-electron chi connectivity index (χ1n) is 15.0. The number of aryl methyl sites for hydroxylation is 2. The fourth-order valence-corrected chi connectivity index (χ4v) is 6.16. The number of methoxy groups -OCH3 is 1. The topological polar surface area (TPSA) is 89.7 Å². The van der Waals surface area contributed by atoms with Crippen LogP contribution in [0.15, 0.2) is 73.2 Å². The van der Waals surface area contributed by atoms with Gasteiger partial charge in [0.1, 0.15) is 17.3 Å². The number of carbonyl (C=O) groups excluding carboxylic acids is 2. The summed E-state index contributed by atoms with van der Waals surface area (Å²) >= 11 is 0. The molecule has 0 unspecified atom stereocenters. The van der Waals surface area contributed by atoms with Crippen molar-refractivity contribution in [2.45, 2.75) is 44.8 Å². The monoisotopic (exact) mass is 611 g/mol. The summed E-state index contributed by atoms with van der Waals surface area (Å²) in [6, 6.07) is 13.6. The van der Waals surface area contributed by atoms with E-state index in [2.05, 4.69) is 21.7 Å². The van der Waals surface area contributed by atoms with Crippen LogP contribution in [0, 0.1) is 18.6 Å². The van der Waals surface area contributed by atoms with Crippen LogP contribution in [0.1, 0.15) is 47.3 Å². The Labute approximate surface area is 259 Å². The number of halogens is 2. The van der Waals surface area contributed by atoms with E-state index in [1.54, 1.807) is 36.2 Å². The van der Waals surface area contributed by atoms with Crippen molar-refractivity contribution in [2.75, 3.05) is 19.0 Å². The van der Waals surface area contributed by atoms with E-state index < -0.39 is 29.0 Å². The number of pyridine rings is 1. The minimum atomic E-state index is -1.03. The molecule has 45 heavy (non-hydrogen) atoms. The Morgan fingerprint density at radius 1 is 1.02 bits per heavy atom. The van der Waals surface area contributed by atoms with Gasteiger partial charge in [-0.25, -0.2) is 13.8 Å². The van der Waals surface area contributed by atoms with Crippen molar-refractivity contribution in [3.05, 3.63) is 102 Å². The van der Waals surface area contributed by atoms with Gasteiger partial charge in [0.25, 0.3) is 0 Å². The number of hydrogen-bond donors (Lipinski definition) is 2. The maximum Gasteiger partial charge on any atom is 0.248 e. The summed E-state index contributed by atoms with van der Waals surface area (Å²) in [5.74, 6) is -3.28. The molecular formula is C35H35F2N5O3. The molecule has 8 nitrogen and oxygen atoms in total. The van der Waals surface area contributed by atoms with Crippen LogP contribution < -0.4 is 10.6 Å². The van der Waals surface area contributed by atoms with Crippen molar-refractivity contribution >= 4 is 33.9 Å². The number of benzene rings is 2. The van der Waals surface area contributed by atoms with E-state index in [0.717, 1.165) is 71.1 Å². The molecule has 2 aromatic carbocycles. The van der Waals surface area contributed by atoms with Gasteiger partial charge in [-0.05, 0) is 86.2 Å². The molecule has 0 spiro atoms. The predicted molar refractivity (Wildman–Crippen MR) is 170 cm³/mol. The second-order valence-corrected chi connectivity index (χ2v) is 11.6. The highest BCUT2D eigenvalue weighted by Gasteiger charge is 2.22. The molecule has 0 atom stereocenters. The van der Waals surface area contributed by atoms with E-state index in [0.29, 0.717) is 18.7 Å². The predicted octanol–water partition coefficient (Wildman–Crippen LogP) is 6.35. The summed E-state index contributed by atoms with van der Waals surface area (Å²) in [7, 11) is 3.67. The van der Waals surface area contributed by atoms with E-state index in [1.165, 1.54) is 6.08 Å². The van der Waals surface area contributed by atoms with Gasteiger partial charge in [0.05, 0.1) is 34.7 Å². The van der Waals surface area contributed by atoms with Crippen LogP contribution in [0.5, 0.6) is 0 Å². The zero-order valence-corrected chi connectivity index (χ0v) is 25.4. The van der Waals surface area contributed by atoms with Crippen molar-refractivity contribution in [3.63, 3.8) is 0 Å². The number of rotatable bonds is 9. The lowest BCUT2D eigenvalue weighted by molar-refractivity contribution is -0.112. The molecule has 3 aromatic heterocycles. The zero-order chi connectivity index (χ0) is 31.7. The molecule has 0 radical (unpaired) electrons. The number of nitrogens with one attached hydrogen (secondary N) is 2. The summed E-state index contributed by atoms with van der Waals surface area (Å²) in [4.78, 5) is 30.4. The molecule has 232 valence electrons. The highest BCUT2D eigenvalue weighted by molar-refractivity contribution is 6.09. The highest BCUT2D eigenvalue weighted by Crippen LogP contribution is 2.32. The van der Waals surface area contributed by atoms with Gasteiger partial charge in [-0.2, -0.15) is 0 Å². The average Bonchev–Trinajstić information content (AvgIpc) is 3.63. The summed E-state index contributed by atoms with van der Waals surface area (Å²) in [5.41, 5.74) is 5.05. The van der Waals surface area contributed by atoms with Gasteiger partial charge >= 0.3 is 0 Å². The van der Waals surface area contributed by atoms with Gasteiger partial charge in [0, 0.05) is 50.1 Å². The lowest BCUT2D eigenvalue weighted by Gasteiger charge is -2.27. The van der Waals surface area contributed by atoms with Crippen molar-refractivity contribution < 1.29 is 23.1 Å². The largest absolute Gasteiger partial charge is 0.381 e. The molecule has 2 N–H and O–H groups in total. The van der Waals surface area contributed by atoms with Crippen molar-refractivity contribution in [2.24, 2.45) is 7.05 Å². The van der Waals surface area contributed by atoms with E-state index >= 15 is 8.78 Å². The van der Waals surface area contributed by atoms with Crippen LogP contribution in [0.2, 0.25) is 0 Å². The highest BCUT2D eigenvalue weighted by atomic mass is 19.1. The van der Waals surface area contributed by atoms with Crippen LogP contribution in [-0.2, 0) is 16.6 Å². The zero-order valence-electron chi connectivity index (χ0n) is 25.4. The van der Waals surface area contributed by atoms with Crippen LogP contribution in [0.4, 0.5) is 14.5 Å². The Hall–Kier alpha value is -4.67. The molecular weight excluding hydrogens is 576 g/mol. The fraction of sp³-hybridized carbons (Fsp3) is 0.286. The minimum Gasteiger partial charge on any atom is -0.381 e. The molecule has 5 aromatic rings. The van der Waals surface area contributed by atoms with Gasteiger partial charge in [-0.15, -0.1) is 0 Å². The smallest absolute Gasteiger partial charge is 0.248 e. The molecule has 1 aliphatic rings. The third-order valence-corrected chi connectivity index (χ3v) is 8.64. The van der Waals surface area contributed by atoms with Crippen LogP contribution in [0.25, 0.3) is 27.7 Å². The first-order chi connectivity index (χ1) is 21.7. The fourth-order valence-electron chi connectivity index (χ4n) is 6.16. The third kappa shape index (κ3) is 6.16. The third-order valence-electron chi connectivity index (χ3n) is 8.64. The Balaban J connectivity index is 1.16. The summed E-state index contributed by atoms with van der Waals surface area (Å²) in [5, 5.41) is 5.63. The maximum absolute atomic E-state index is 15.1. The van der Waals surface area contributed by atoms with Crippen molar-refractivity contribution in [3.8, 4) is 11.1 Å². The molecule has 3 heterocycles. The molecule has 10 heteroatoms. The SMILES string of the molecule is CO[C@H]1CC[C@H](NC/C=C/C(=O)Nc2c(F)cc(C(=O)c3ccc4c(-c5cc6ncn(C)c6cc5C)cccn34)cc2F)CC1. The van der Waals surface area contributed by atoms with Gasteiger partial charge < -0.3 is 24.3 Å².